The van der Waals surface area contributed by atoms with Crippen LogP contribution in [0.25, 0.3) is 0 Å². The fourth-order valence-corrected chi connectivity index (χ4v) is 4.89. The van der Waals surface area contributed by atoms with Crippen molar-refractivity contribution in [1.82, 2.24) is 14.7 Å². The third kappa shape index (κ3) is 2.36. The van der Waals surface area contributed by atoms with Crippen molar-refractivity contribution in [2.45, 2.75) is 30.7 Å². The summed E-state index contributed by atoms with van der Waals surface area (Å²) in [5.74, 6) is -0.137. The monoisotopic (exact) mass is 371 g/mol. The van der Waals surface area contributed by atoms with E-state index in [4.69, 9.17) is 9.47 Å². The van der Waals surface area contributed by atoms with Crippen LogP contribution in [0, 0.1) is 0 Å². The molecular formula is C19H21N3O5. The molecule has 142 valence electrons. The minimum Gasteiger partial charge on any atom is -0.448 e. The molecule has 4 fully saturated rings. The number of nitrogens with zero attached hydrogens (tertiary/aromatic N) is 3. The molecule has 5 rings (SSSR count). The molecule has 4 saturated heterocycles. The molecule has 4 aliphatic heterocycles. The normalized spacial score (nSPS) is 32.1. The SMILES string of the molecule is O=C1OCCN1CC(=O)N1CC[C@@]23OC[C@@H](c4ccccc4)N2C(=O)C[C@@H]13. The Morgan fingerprint density at radius 1 is 1.19 bits per heavy atom. The first-order valence-corrected chi connectivity index (χ1v) is 9.32. The van der Waals surface area contributed by atoms with Crippen LogP contribution in [0.15, 0.2) is 30.3 Å². The summed E-state index contributed by atoms with van der Waals surface area (Å²) in [6.45, 7) is 1.69. The van der Waals surface area contributed by atoms with Crippen molar-refractivity contribution in [3.05, 3.63) is 35.9 Å². The minimum atomic E-state index is -0.737. The number of carbonyl (C=O) groups is 3. The Morgan fingerprint density at radius 2 is 2.00 bits per heavy atom. The number of amides is 3. The Labute approximate surface area is 156 Å². The maximum atomic E-state index is 12.8. The minimum absolute atomic E-state index is 0.0122. The average Bonchev–Trinajstić information content (AvgIpc) is 3.39. The summed E-state index contributed by atoms with van der Waals surface area (Å²) in [6.07, 6.45) is 0.408. The van der Waals surface area contributed by atoms with Gasteiger partial charge in [0.15, 0.2) is 5.72 Å². The molecule has 8 heteroatoms. The van der Waals surface area contributed by atoms with Gasteiger partial charge in [0.1, 0.15) is 13.2 Å². The van der Waals surface area contributed by atoms with Crippen LogP contribution >= 0.6 is 0 Å². The van der Waals surface area contributed by atoms with Gasteiger partial charge in [-0.3, -0.25) is 14.5 Å². The van der Waals surface area contributed by atoms with Crippen LogP contribution in [0.3, 0.4) is 0 Å². The van der Waals surface area contributed by atoms with E-state index < -0.39 is 11.8 Å². The summed E-state index contributed by atoms with van der Waals surface area (Å²) in [4.78, 5) is 42.3. The van der Waals surface area contributed by atoms with Crippen LogP contribution in [0.5, 0.6) is 0 Å². The molecule has 0 N–H and O–H groups in total. The largest absolute Gasteiger partial charge is 0.448 e. The van der Waals surface area contributed by atoms with Crippen LogP contribution < -0.4 is 0 Å². The molecule has 1 aromatic rings. The van der Waals surface area contributed by atoms with Gasteiger partial charge in [-0.15, -0.1) is 0 Å². The van der Waals surface area contributed by atoms with Crippen LogP contribution in [0.2, 0.25) is 0 Å². The van der Waals surface area contributed by atoms with Crippen LogP contribution in [0.1, 0.15) is 24.4 Å². The zero-order valence-electron chi connectivity index (χ0n) is 14.9. The summed E-state index contributed by atoms with van der Waals surface area (Å²) >= 11 is 0. The first-order valence-electron chi connectivity index (χ1n) is 9.32. The van der Waals surface area contributed by atoms with Crippen LogP contribution in [-0.2, 0) is 19.1 Å². The molecule has 3 amide bonds. The van der Waals surface area contributed by atoms with E-state index in [1.807, 2.05) is 35.2 Å². The van der Waals surface area contributed by atoms with E-state index in [0.29, 0.717) is 32.7 Å². The van der Waals surface area contributed by atoms with Gasteiger partial charge in [-0.1, -0.05) is 30.3 Å². The van der Waals surface area contributed by atoms with E-state index >= 15 is 0 Å². The number of hydrogen-bond acceptors (Lipinski definition) is 5. The van der Waals surface area contributed by atoms with E-state index in [9.17, 15) is 14.4 Å². The van der Waals surface area contributed by atoms with E-state index in [1.54, 1.807) is 4.90 Å². The summed E-state index contributed by atoms with van der Waals surface area (Å²) < 4.78 is 11.1. The number of carbonyl (C=O) groups excluding carboxylic acids is 3. The van der Waals surface area contributed by atoms with Crippen LogP contribution in [-0.4, -0.2) is 77.2 Å². The van der Waals surface area contributed by atoms with Crippen LogP contribution in [0.4, 0.5) is 4.79 Å². The molecule has 3 atom stereocenters. The number of ether oxygens (including phenoxy) is 2. The molecule has 0 aromatic heterocycles. The van der Waals surface area contributed by atoms with Crippen molar-refractivity contribution in [3.8, 4) is 0 Å². The lowest BCUT2D eigenvalue weighted by Gasteiger charge is -2.33. The molecule has 0 bridgehead atoms. The highest BCUT2D eigenvalue weighted by molar-refractivity contribution is 5.87. The Bertz CT molecular complexity index is 800. The predicted octanol–water partition coefficient (Wildman–Crippen LogP) is 0.740. The second kappa shape index (κ2) is 5.95. The van der Waals surface area contributed by atoms with Gasteiger partial charge in [0, 0.05) is 13.0 Å². The molecule has 4 aliphatic rings. The van der Waals surface area contributed by atoms with Crippen molar-refractivity contribution in [2.24, 2.45) is 0 Å². The summed E-state index contributed by atoms with van der Waals surface area (Å²) in [5.41, 5.74) is 0.312. The highest BCUT2D eigenvalue weighted by atomic mass is 16.6. The Hall–Kier alpha value is -2.61. The van der Waals surface area contributed by atoms with Gasteiger partial charge >= 0.3 is 6.09 Å². The smallest absolute Gasteiger partial charge is 0.410 e. The second-order valence-electron chi connectivity index (χ2n) is 7.44. The summed E-state index contributed by atoms with van der Waals surface area (Å²) in [5, 5.41) is 0. The number of cyclic esters (lactones) is 1. The Morgan fingerprint density at radius 3 is 2.74 bits per heavy atom. The lowest BCUT2D eigenvalue weighted by atomic mass is 10.0. The molecule has 0 radical (unpaired) electrons. The molecule has 0 saturated carbocycles. The highest BCUT2D eigenvalue weighted by Gasteiger charge is 2.65. The summed E-state index contributed by atoms with van der Waals surface area (Å²) in [6, 6.07) is 9.45. The van der Waals surface area contributed by atoms with E-state index in [0.717, 1.165) is 5.56 Å². The molecular weight excluding hydrogens is 350 g/mol. The highest BCUT2D eigenvalue weighted by Crippen LogP contribution is 2.51. The van der Waals surface area contributed by atoms with Crippen molar-refractivity contribution in [3.63, 3.8) is 0 Å². The summed E-state index contributed by atoms with van der Waals surface area (Å²) in [7, 11) is 0. The van der Waals surface area contributed by atoms with Gasteiger partial charge in [-0.05, 0) is 5.56 Å². The first kappa shape index (κ1) is 16.6. The van der Waals surface area contributed by atoms with Gasteiger partial charge in [0.05, 0.1) is 31.7 Å². The zero-order chi connectivity index (χ0) is 18.6. The lowest BCUT2D eigenvalue weighted by molar-refractivity contribution is -0.141. The van der Waals surface area contributed by atoms with Crippen molar-refractivity contribution in [2.75, 3.05) is 32.8 Å². The number of rotatable bonds is 3. The topological polar surface area (TPSA) is 79.4 Å². The van der Waals surface area contributed by atoms with Gasteiger partial charge in [0.25, 0.3) is 0 Å². The third-order valence-corrected chi connectivity index (χ3v) is 6.13. The molecule has 4 heterocycles. The van der Waals surface area contributed by atoms with E-state index in [1.165, 1.54) is 4.90 Å². The molecule has 1 spiro atoms. The lowest BCUT2D eigenvalue weighted by Crippen LogP contribution is -2.50. The van der Waals surface area contributed by atoms with Gasteiger partial charge in [0.2, 0.25) is 11.8 Å². The van der Waals surface area contributed by atoms with E-state index in [2.05, 4.69) is 0 Å². The van der Waals surface area contributed by atoms with Gasteiger partial charge < -0.3 is 19.3 Å². The standard InChI is InChI=1S/C19H21N3O5/c23-16-10-15-19(22(16)14(12-27-19)13-4-2-1-3-5-13)6-7-21(15)17(24)11-20-8-9-26-18(20)25/h1-5,14-15H,6-12H2/t14-,15+,19-/m0/s1. The number of likely N-dealkylation sites (tertiary alicyclic amines) is 1. The fourth-order valence-electron chi connectivity index (χ4n) is 4.89. The molecule has 1 aromatic carbocycles. The van der Waals surface area contributed by atoms with E-state index in [-0.39, 0.29) is 36.9 Å². The molecule has 0 unspecified atom stereocenters. The van der Waals surface area contributed by atoms with Crippen molar-refractivity contribution in [1.29, 1.82) is 0 Å². The van der Waals surface area contributed by atoms with Gasteiger partial charge in [-0.2, -0.15) is 0 Å². The van der Waals surface area contributed by atoms with Crippen molar-refractivity contribution < 1.29 is 23.9 Å². The average molecular weight is 371 g/mol. The number of hydrogen-bond donors (Lipinski definition) is 0. The van der Waals surface area contributed by atoms with Crippen molar-refractivity contribution >= 4 is 17.9 Å². The fraction of sp³-hybridized carbons (Fsp3) is 0.526. The predicted molar refractivity (Wildman–Crippen MR) is 92.4 cm³/mol. The Kier molecular flexibility index (Phi) is 3.65. The zero-order valence-corrected chi connectivity index (χ0v) is 14.9. The maximum absolute atomic E-state index is 12.8. The molecule has 0 aliphatic carbocycles. The third-order valence-electron chi connectivity index (χ3n) is 6.13. The maximum Gasteiger partial charge on any atom is 0.410 e. The number of benzene rings is 1. The van der Waals surface area contributed by atoms with Gasteiger partial charge in [-0.25, -0.2) is 4.79 Å². The first-order chi connectivity index (χ1) is 13.1. The second-order valence-corrected chi connectivity index (χ2v) is 7.44. The molecule has 27 heavy (non-hydrogen) atoms. The quantitative estimate of drug-likeness (QED) is 0.783. The Balaban J connectivity index is 1.37. The molecule has 8 nitrogen and oxygen atoms in total.